The van der Waals surface area contributed by atoms with E-state index in [1.54, 1.807) is 24.3 Å². The molecule has 0 aliphatic rings. The lowest BCUT2D eigenvalue weighted by atomic mass is 10.2. The van der Waals surface area contributed by atoms with Crippen LogP contribution in [0.5, 0.6) is 11.5 Å². The Balaban J connectivity index is 1.64. The number of nitrogens with one attached hydrogen (secondary N) is 1. The summed E-state index contributed by atoms with van der Waals surface area (Å²) in [6, 6.07) is 19.3. The molecule has 144 valence electrons. The molecule has 0 spiro atoms. The predicted molar refractivity (Wildman–Crippen MR) is 113 cm³/mol. The van der Waals surface area contributed by atoms with Crippen molar-refractivity contribution >= 4 is 46.4 Å². The van der Waals surface area contributed by atoms with Crippen LogP contribution in [-0.4, -0.2) is 19.1 Å². The van der Waals surface area contributed by atoms with Crippen LogP contribution in [0.3, 0.4) is 0 Å². The molecule has 0 unspecified atom stereocenters. The van der Waals surface area contributed by atoms with E-state index >= 15 is 0 Å². The average Bonchev–Trinajstić information content (AvgIpc) is 2.70. The Morgan fingerprint density at radius 1 is 0.786 bits per heavy atom. The molecule has 0 bridgehead atoms. The van der Waals surface area contributed by atoms with Crippen LogP contribution in [0.1, 0.15) is 10.4 Å². The first kappa shape index (κ1) is 20.3. The number of carbonyl (C=O) groups excluding carboxylic acids is 1. The van der Waals surface area contributed by atoms with Crippen LogP contribution in [0, 0.1) is 0 Å². The van der Waals surface area contributed by atoms with Gasteiger partial charge in [0.2, 0.25) is 0 Å². The van der Waals surface area contributed by atoms with E-state index in [1.807, 2.05) is 30.3 Å². The largest absolute Gasteiger partial charge is 0.490 e. The van der Waals surface area contributed by atoms with Crippen molar-refractivity contribution in [1.82, 2.24) is 0 Å². The monoisotopic (exact) mass is 435 g/mol. The highest BCUT2D eigenvalue weighted by Crippen LogP contribution is 2.33. The van der Waals surface area contributed by atoms with Crippen molar-refractivity contribution in [2.24, 2.45) is 0 Å². The number of hydrogen-bond donors (Lipinski definition) is 1. The van der Waals surface area contributed by atoms with Gasteiger partial charge in [-0.3, -0.25) is 4.79 Å². The maximum absolute atomic E-state index is 12.7. The summed E-state index contributed by atoms with van der Waals surface area (Å²) in [5, 5.41) is 3.62. The molecule has 0 aliphatic heterocycles. The fourth-order valence-electron chi connectivity index (χ4n) is 2.42. The molecule has 0 aliphatic carbocycles. The van der Waals surface area contributed by atoms with Gasteiger partial charge in [0.15, 0.2) is 0 Å². The zero-order valence-corrected chi connectivity index (χ0v) is 16.9. The van der Waals surface area contributed by atoms with Gasteiger partial charge in [0, 0.05) is 0 Å². The minimum Gasteiger partial charge on any atom is -0.490 e. The van der Waals surface area contributed by atoms with Crippen molar-refractivity contribution < 1.29 is 14.3 Å². The summed E-state index contributed by atoms with van der Waals surface area (Å²) in [5.41, 5.74) is 0.729. The average molecular weight is 437 g/mol. The van der Waals surface area contributed by atoms with Gasteiger partial charge in [0.1, 0.15) is 24.7 Å². The second kappa shape index (κ2) is 9.69. The summed E-state index contributed by atoms with van der Waals surface area (Å²) < 4.78 is 11.3. The SMILES string of the molecule is O=C(Nc1cc(Cl)c(Cl)cc1Cl)c1ccccc1OCCOc1ccccc1. The normalized spacial score (nSPS) is 10.4. The quantitative estimate of drug-likeness (QED) is 0.346. The zero-order chi connectivity index (χ0) is 19.9. The number of hydrogen-bond acceptors (Lipinski definition) is 3. The summed E-state index contributed by atoms with van der Waals surface area (Å²) in [6.07, 6.45) is 0. The van der Waals surface area contributed by atoms with Gasteiger partial charge < -0.3 is 14.8 Å². The molecule has 4 nitrogen and oxygen atoms in total. The van der Waals surface area contributed by atoms with Crippen molar-refractivity contribution in [1.29, 1.82) is 0 Å². The second-order valence-electron chi connectivity index (χ2n) is 5.71. The molecule has 3 rings (SSSR count). The molecule has 0 aromatic heterocycles. The van der Waals surface area contributed by atoms with Crippen LogP contribution in [0.15, 0.2) is 66.7 Å². The Labute approximate surface area is 177 Å². The van der Waals surface area contributed by atoms with Gasteiger partial charge in [-0.1, -0.05) is 65.1 Å². The lowest BCUT2D eigenvalue weighted by Crippen LogP contribution is -2.16. The first-order valence-electron chi connectivity index (χ1n) is 8.40. The van der Waals surface area contributed by atoms with Gasteiger partial charge in [-0.15, -0.1) is 0 Å². The number of benzene rings is 3. The second-order valence-corrected chi connectivity index (χ2v) is 6.93. The van der Waals surface area contributed by atoms with E-state index in [1.165, 1.54) is 12.1 Å². The molecule has 0 radical (unpaired) electrons. The third kappa shape index (κ3) is 5.32. The summed E-state index contributed by atoms with van der Waals surface area (Å²) in [4.78, 5) is 12.7. The Morgan fingerprint density at radius 2 is 1.43 bits per heavy atom. The highest BCUT2D eigenvalue weighted by Gasteiger charge is 2.15. The predicted octanol–water partition coefficient (Wildman–Crippen LogP) is 6.36. The van der Waals surface area contributed by atoms with Gasteiger partial charge in [0.25, 0.3) is 5.91 Å². The lowest BCUT2D eigenvalue weighted by molar-refractivity contribution is 0.102. The molecular formula is C21H16Cl3NO3. The van der Waals surface area contributed by atoms with Crippen LogP contribution in [0.25, 0.3) is 0 Å². The number of halogens is 3. The van der Waals surface area contributed by atoms with E-state index in [2.05, 4.69) is 5.32 Å². The number of para-hydroxylation sites is 2. The number of rotatable bonds is 7. The van der Waals surface area contributed by atoms with Crippen LogP contribution < -0.4 is 14.8 Å². The molecule has 28 heavy (non-hydrogen) atoms. The Kier molecular flexibility index (Phi) is 7.04. The lowest BCUT2D eigenvalue weighted by Gasteiger charge is -2.13. The first-order valence-corrected chi connectivity index (χ1v) is 9.53. The highest BCUT2D eigenvalue weighted by atomic mass is 35.5. The summed E-state index contributed by atoms with van der Waals surface area (Å²) in [7, 11) is 0. The molecule has 3 aromatic carbocycles. The van der Waals surface area contributed by atoms with Crippen molar-refractivity contribution in [3.8, 4) is 11.5 Å². The fraction of sp³-hybridized carbons (Fsp3) is 0.0952. The van der Waals surface area contributed by atoms with E-state index in [4.69, 9.17) is 44.3 Å². The van der Waals surface area contributed by atoms with E-state index in [0.29, 0.717) is 33.7 Å². The van der Waals surface area contributed by atoms with Crippen molar-refractivity contribution in [3.05, 3.63) is 87.4 Å². The van der Waals surface area contributed by atoms with Crippen LogP contribution >= 0.6 is 34.8 Å². The van der Waals surface area contributed by atoms with Gasteiger partial charge in [-0.2, -0.15) is 0 Å². The Bertz CT molecular complexity index is 964. The third-order valence-electron chi connectivity index (χ3n) is 3.74. The molecule has 7 heteroatoms. The summed E-state index contributed by atoms with van der Waals surface area (Å²) >= 11 is 18.0. The number of amides is 1. The van der Waals surface area contributed by atoms with E-state index < -0.39 is 0 Å². The summed E-state index contributed by atoms with van der Waals surface area (Å²) in [5.74, 6) is 0.819. The minimum atomic E-state index is -0.375. The Hall–Kier alpha value is -2.40. The van der Waals surface area contributed by atoms with Crippen molar-refractivity contribution in [2.45, 2.75) is 0 Å². The van der Waals surface area contributed by atoms with E-state index in [9.17, 15) is 4.79 Å². The summed E-state index contributed by atoms with van der Waals surface area (Å²) in [6.45, 7) is 0.630. The molecule has 0 fully saturated rings. The molecule has 0 saturated carbocycles. The molecule has 1 N–H and O–H groups in total. The van der Waals surface area contributed by atoms with E-state index in [0.717, 1.165) is 5.75 Å². The number of anilines is 1. The van der Waals surface area contributed by atoms with Crippen molar-refractivity contribution in [3.63, 3.8) is 0 Å². The van der Waals surface area contributed by atoms with Crippen LogP contribution in [-0.2, 0) is 0 Å². The fourth-order valence-corrected chi connectivity index (χ4v) is 3.01. The minimum absolute atomic E-state index is 0.284. The molecule has 3 aromatic rings. The topological polar surface area (TPSA) is 47.6 Å². The van der Waals surface area contributed by atoms with Gasteiger partial charge in [-0.25, -0.2) is 0 Å². The highest BCUT2D eigenvalue weighted by molar-refractivity contribution is 6.44. The van der Waals surface area contributed by atoms with Gasteiger partial charge in [0.05, 0.1) is 26.3 Å². The first-order chi connectivity index (χ1) is 13.5. The maximum atomic E-state index is 12.7. The smallest absolute Gasteiger partial charge is 0.259 e. The number of carbonyl (C=O) groups is 1. The molecular weight excluding hydrogens is 421 g/mol. The molecule has 1 amide bonds. The standard InChI is InChI=1S/C21H16Cl3NO3/c22-16-12-18(24)19(13-17(16)23)25-21(26)15-8-4-5-9-20(15)28-11-10-27-14-6-2-1-3-7-14/h1-9,12-13H,10-11H2,(H,25,26). The zero-order valence-electron chi connectivity index (χ0n) is 14.6. The maximum Gasteiger partial charge on any atom is 0.259 e. The van der Waals surface area contributed by atoms with Crippen LogP contribution in [0.2, 0.25) is 15.1 Å². The van der Waals surface area contributed by atoms with Crippen LogP contribution in [0.4, 0.5) is 5.69 Å². The van der Waals surface area contributed by atoms with E-state index in [-0.39, 0.29) is 17.5 Å². The Morgan fingerprint density at radius 3 is 2.21 bits per heavy atom. The van der Waals surface area contributed by atoms with Gasteiger partial charge >= 0.3 is 0 Å². The third-order valence-corrected chi connectivity index (χ3v) is 4.78. The molecule has 0 saturated heterocycles. The molecule has 0 atom stereocenters. The van der Waals surface area contributed by atoms with Gasteiger partial charge in [-0.05, 0) is 36.4 Å². The number of ether oxygens (including phenoxy) is 2. The van der Waals surface area contributed by atoms with Crippen molar-refractivity contribution in [2.75, 3.05) is 18.5 Å². The molecule has 0 heterocycles.